The van der Waals surface area contributed by atoms with Crippen LogP contribution in [-0.4, -0.2) is 76.1 Å². The lowest BCUT2D eigenvalue weighted by Gasteiger charge is -2.52. The number of nitrogens with zero attached hydrogens (tertiary/aromatic N) is 2. The zero-order valence-electron chi connectivity index (χ0n) is 19.6. The standard InChI is InChI=1S/C26H35N3O4/c1-25-14-20(18-8-5-4-6-9-18)15-26(33-25,12-11-21(23(25)31)29(2)3)22(30)17-28-24(32)19-10-7-13-27-16-19/h4-10,13,16,20-23,30-31H,11-12,14-15,17H2,1-3H3,(H,28,32)/t20-,21-,22+,23+,25+,26+/m1/s1. The third-order valence-electron chi connectivity index (χ3n) is 7.45. The number of carbonyl (C=O) groups is 1. The highest BCUT2D eigenvalue weighted by Gasteiger charge is 2.57. The van der Waals surface area contributed by atoms with Gasteiger partial charge in [0.1, 0.15) is 6.10 Å². The highest BCUT2D eigenvalue weighted by molar-refractivity contribution is 5.93. The van der Waals surface area contributed by atoms with Crippen molar-refractivity contribution in [1.29, 1.82) is 0 Å². The number of ether oxygens (including phenoxy) is 1. The molecule has 0 radical (unpaired) electrons. The third kappa shape index (κ3) is 4.82. The first-order valence-electron chi connectivity index (χ1n) is 11.7. The molecule has 1 amide bonds. The van der Waals surface area contributed by atoms with E-state index in [1.54, 1.807) is 18.3 Å². The van der Waals surface area contributed by atoms with Gasteiger partial charge in [-0.3, -0.25) is 9.78 Å². The number of aliphatic hydroxyl groups is 2. The Morgan fingerprint density at radius 2 is 2.00 bits per heavy atom. The van der Waals surface area contributed by atoms with E-state index in [9.17, 15) is 15.0 Å². The van der Waals surface area contributed by atoms with Crippen molar-refractivity contribution in [3.8, 4) is 0 Å². The number of hydrogen-bond acceptors (Lipinski definition) is 6. The summed E-state index contributed by atoms with van der Waals surface area (Å²) in [6, 6.07) is 13.6. The molecule has 2 aromatic rings. The van der Waals surface area contributed by atoms with Crippen molar-refractivity contribution < 1.29 is 19.7 Å². The zero-order chi connectivity index (χ0) is 23.6. The number of fused-ring (bicyclic) bond motifs is 2. The summed E-state index contributed by atoms with van der Waals surface area (Å²) in [5, 5.41) is 25.7. The molecule has 2 bridgehead atoms. The van der Waals surface area contributed by atoms with Gasteiger partial charge in [0, 0.05) is 25.0 Å². The van der Waals surface area contributed by atoms with E-state index in [0.29, 0.717) is 31.2 Å². The van der Waals surface area contributed by atoms with Crippen LogP contribution < -0.4 is 5.32 Å². The Hall–Kier alpha value is -2.32. The van der Waals surface area contributed by atoms with E-state index in [1.165, 1.54) is 11.8 Å². The SMILES string of the molecule is CN(C)[C@@H]1CC[C@@]2([C@@H](O)CNC(=O)c3cccnc3)C[C@H](c3ccccc3)C[C@](C)(O2)[C@H]1O. The van der Waals surface area contributed by atoms with Gasteiger partial charge in [0.2, 0.25) is 0 Å². The minimum Gasteiger partial charge on any atom is -0.388 e. The van der Waals surface area contributed by atoms with Gasteiger partial charge in [0.05, 0.1) is 22.9 Å². The molecule has 7 nitrogen and oxygen atoms in total. The first kappa shape index (κ1) is 23.8. The van der Waals surface area contributed by atoms with Crippen molar-refractivity contribution in [3.63, 3.8) is 0 Å². The molecule has 3 heterocycles. The predicted molar refractivity (Wildman–Crippen MR) is 126 cm³/mol. The predicted octanol–water partition coefficient (Wildman–Crippen LogP) is 2.35. The molecule has 0 saturated carbocycles. The molecule has 1 aromatic heterocycles. The zero-order valence-corrected chi connectivity index (χ0v) is 19.6. The Kier molecular flexibility index (Phi) is 6.86. The molecular weight excluding hydrogens is 418 g/mol. The van der Waals surface area contributed by atoms with Crippen LogP contribution in [0.1, 0.15) is 54.4 Å². The molecule has 6 atom stereocenters. The maximum atomic E-state index is 12.6. The van der Waals surface area contributed by atoms with Crippen LogP contribution >= 0.6 is 0 Å². The number of aliphatic hydroxyl groups excluding tert-OH is 2. The van der Waals surface area contributed by atoms with Crippen molar-refractivity contribution >= 4 is 5.91 Å². The van der Waals surface area contributed by atoms with Crippen molar-refractivity contribution in [2.45, 2.75) is 68.0 Å². The van der Waals surface area contributed by atoms with Crippen LogP contribution in [0.25, 0.3) is 0 Å². The van der Waals surface area contributed by atoms with Crippen LogP contribution in [0.3, 0.4) is 0 Å². The molecule has 3 N–H and O–H groups in total. The molecule has 0 aliphatic carbocycles. The number of nitrogens with one attached hydrogen (secondary N) is 1. The van der Waals surface area contributed by atoms with E-state index >= 15 is 0 Å². The second kappa shape index (κ2) is 9.50. The van der Waals surface area contributed by atoms with Crippen LogP contribution in [-0.2, 0) is 4.74 Å². The fourth-order valence-electron chi connectivity index (χ4n) is 5.66. The Bertz CT molecular complexity index is 941. The van der Waals surface area contributed by atoms with Crippen LogP contribution in [0.5, 0.6) is 0 Å². The first-order valence-corrected chi connectivity index (χ1v) is 11.7. The molecule has 33 heavy (non-hydrogen) atoms. The molecular formula is C26H35N3O4. The number of hydrogen-bond donors (Lipinski definition) is 3. The molecule has 4 rings (SSSR count). The minimum atomic E-state index is -0.919. The van der Waals surface area contributed by atoms with Crippen LogP contribution in [0.2, 0.25) is 0 Å². The van der Waals surface area contributed by atoms with Gasteiger partial charge in [0.25, 0.3) is 5.91 Å². The molecule has 1 aromatic carbocycles. The maximum absolute atomic E-state index is 12.6. The van der Waals surface area contributed by atoms with Gasteiger partial charge in [-0.1, -0.05) is 30.3 Å². The summed E-state index contributed by atoms with van der Waals surface area (Å²) in [5.41, 5.74) is -0.0683. The lowest BCUT2D eigenvalue weighted by Crippen LogP contribution is -2.61. The topological polar surface area (TPSA) is 94.9 Å². The normalized spacial score (nSPS) is 32.7. The largest absolute Gasteiger partial charge is 0.388 e. The molecule has 2 aliphatic rings. The smallest absolute Gasteiger partial charge is 0.252 e. The summed E-state index contributed by atoms with van der Waals surface area (Å²) in [6.45, 7) is 2.03. The summed E-state index contributed by atoms with van der Waals surface area (Å²) in [4.78, 5) is 18.6. The number of benzene rings is 1. The lowest BCUT2D eigenvalue weighted by atomic mass is 9.72. The fourth-order valence-corrected chi connectivity index (χ4v) is 5.66. The van der Waals surface area contributed by atoms with E-state index in [2.05, 4.69) is 22.4 Å². The third-order valence-corrected chi connectivity index (χ3v) is 7.45. The molecule has 178 valence electrons. The van der Waals surface area contributed by atoms with E-state index in [-0.39, 0.29) is 24.4 Å². The van der Waals surface area contributed by atoms with Crippen molar-refractivity contribution in [2.24, 2.45) is 0 Å². The van der Waals surface area contributed by atoms with Crippen LogP contribution in [0.4, 0.5) is 0 Å². The Morgan fingerprint density at radius 1 is 1.24 bits per heavy atom. The van der Waals surface area contributed by atoms with Gasteiger partial charge in [0.15, 0.2) is 0 Å². The van der Waals surface area contributed by atoms with Gasteiger partial charge in [-0.2, -0.15) is 0 Å². The average molecular weight is 454 g/mol. The summed E-state index contributed by atoms with van der Waals surface area (Å²) in [5.74, 6) is -0.152. The molecule has 0 unspecified atom stereocenters. The average Bonchev–Trinajstić information content (AvgIpc) is 2.90. The Balaban J connectivity index is 1.62. The second-order valence-corrected chi connectivity index (χ2v) is 9.98. The van der Waals surface area contributed by atoms with E-state index in [4.69, 9.17) is 4.74 Å². The highest BCUT2D eigenvalue weighted by Crippen LogP contribution is 2.51. The van der Waals surface area contributed by atoms with Gasteiger partial charge in [-0.25, -0.2) is 0 Å². The summed E-state index contributed by atoms with van der Waals surface area (Å²) in [6.07, 6.45) is 4.08. The molecule has 2 saturated heterocycles. The summed E-state index contributed by atoms with van der Waals surface area (Å²) in [7, 11) is 3.94. The monoisotopic (exact) mass is 453 g/mol. The number of aromatic nitrogens is 1. The van der Waals surface area contributed by atoms with Crippen molar-refractivity contribution in [2.75, 3.05) is 20.6 Å². The molecule has 0 spiro atoms. The molecule has 7 heteroatoms. The Morgan fingerprint density at radius 3 is 2.67 bits per heavy atom. The number of amides is 1. The summed E-state index contributed by atoms with van der Waals surface area (Å²) >= 11 is 0. The van der Waals surface area contributed by atoms with Gasteiger partial charge >= 0.3 is 0 Å². The number of likely N-dealkylation sites (N-methyl/N-ethyl adjacent to an activating group) is 1. The lowest BCUT2D eigenvalue weighted by molar-refractivity contribution is -0.250. The maximum Gasteiger partial charge on any atom is 0.252 e. The van der Waals surface area contributed by atoms with E-state index in [0.717, 1.165) is 0 Å². The van der Waals surface area contributed by atoms with Gasteiger partial charge < -0.3 is 25.2 Å². The van der Waals surface area contributed by atoms with Crippen LogP contribution in [0.15, 0.2) is 54.9 Å². The van der Waals surface area contributed by atoms with Crippen molar-refractivity contribution in [3.05, 3.63) is 66.0 Å². The summed E-state index contributed by atoms with van der Waals surface area (Å²) < 4.78 is 6.68. The number of carbonyl (C=O) groups excluding carboxylic acids is 1. The fraction of sp³-hybridized carbons (Fsp3) is 0.538. The molecule has 2 aliphatic heterocycles. The Labute approximate surface area is 195 Å². The minimum absolute atomic E-state index is 0.0635. The number of rotatable bonds is 6. The van der Waals surface area contributed by atoms with Gasteiger partial charge in [-0.05, 0) is 70.3 Å². The second-order valence-electron chi connectivity index (χ2n) is 9.98. The molecule has 2 fully saturated rings. The first-order chi connectivity index (χ1) is 15.7. The highest BCUT2D eigenvalue weighted by atomic mass is 16.6. The quantitative estimate of drug-likeness (QED) is 0.622. The van der Waals surface area contributed by atoms with E-state index in [1.807, 2.05) is 44.1 Å². The number of pyridine rings is 1. The van der Waals surface area contributed by atoms with Crippen molar-refractivity contribution in [1.82, 2.24) is 15.2 Å². The van der Waals surface area contributed by atoms with Crippen LogP contribution in [0, 0.1) is 0 Å². The van der Waals surface area contributed by atoms with E-state index < -0.39 is 23.4 Å². The van der Waals surface area contributed by atoms with Gasteiger partial charge in [-0.15, -0.1) is 0 Å².